The minimum absolute atomic E-state index is 0.350. The highest BCUT2D eigenvalue weighted by Gasteiger charge is 2.26. The Balaban J connectivity index is 2.32. The minimum Gasteiger partial charge on any atom is -0.480 e. The fourth-order valence-corrected chi connectivity index (χ4v) is 2.50. The second-order valence-corrected chi connectivity index (χ2v) is 4.59. The van der Waals surface area contributed by atoms with Gasteiger partial charge in [0, 0.05) is 11.3 Å². The molecule has 5 heteroatoms. The van der Waals surface area contributed by atoms with Gasteiger partial charge in [-0.1, -0.05) is 6.07 Å². The molecule has 0 saturated carbocycles. The molecule has 0 aromatic heterocycles. The van der Waals surface area contributed by atoms with Crippen LogP contribution in [0.1, 0.15) is 11.1 Å². The number of carbonyl (C=O) groups is 1. The summed E-state index contributed by atoms with van der Waals surface area (Å²) >= 11 is 1.28. The number of aliphatic carboxylic acids is 1. The topological polar surface area (TPSA) is 49.7 Å². The van der Waals surface area contributed by atoms with Crippen molar-refractivity contribution >= 4 is 22.8 Å². The van der Waals surface area contributed by atoms with E-state index in [0.29, 0.717) is 16.4 Å². The number of halogens is 1. The molecule has 0 spiro atoms. The highest BCUT2D eigenvalue weighted by molar-refractivity contribution is 8.14. The van der Waals surface area contributed by atoms with Gasteiger partial charge in [0.2, 0.25) is 0 Å². The van der Waals surface area contributed by atoms with Crippen LogP contribution in [-0.4, -0.2) is 27.9 Å². The van der Waals surface area contributed by atoms with E-state index in [4.69, 9.17) is 5.11 Å². The summed E-state index contributed by atoms with van der Waals surface area (Å²) in [4.78, 5) is 14.7. The Hall–Kier alpha value is -1.36. The average molecular weight is 239 g/mol. The van der Waals surface area contributed by atoms with Gasteiger partial charge in [-0.25, -0.2) is 9.18 Å². The van der Waals surface area contributed by atoms with Gasteiger partial charge in [-0.3, -0.25) is 4.99 Å². The highest BCUT2D eigenvalue weighted by Crippen LogP contribution is 2.25. The summed E-state index contributed by atoms with van der Waals surface area (Å²) in [6, 6.07) is 4.10. The van der Waals surface area contributed by atoms with Crippen LogP contribution in [0.4, 0.5) is 4.39 Å². The lowest BCUT2D eigenvalue weighted by Crippen LogP contribution is -2.17. The van der Waals surface area contributed by atoms with Gasteiger partial charge < -0.3 is 5.11 Å². The SMILES string of the molecule is Cc1ccc(C2=NC(C(=O)O)CS2)c(F)c1. The van der Waals surface area contributed by atoms with Crippen LogP contribution >= 0.6 is 11.8 Å². The molecular formula is C11H10FNO2S. The van der Waals surface area contributed by atoms with Crippen LogP contribution in [0.3, 0.4) is 0 Å². The van der Waals surface area contributed by atoms with Crippen molar-refractivity contribution in [2.45, 2.75) is 13.0 Å². The quantitative estimate of drug-likeness (QED) is 0.859. The number of benzene rings is 1. The van der Waals surface area contributed by atoms with E-state index in [2.05, 4.69) is 4.99 Å². The van der Waals surface area contributed by atoms with Crippen molar-refractivity contribution in [3.63, 3.8) is 0 Å². The third-order valence-electron chi connectivity index (χ3n) is 2.29. The fraction of sp³-hybridized carbons (Fsp3) is 0.273. The van der Waals surface area contributed by atoms with E-state index >= 15 is 0 Å². The van der Waals surface area contributed by atoms with Crippen LogP contribution in [0.25, 0.3) is 0 Å². The van der Waals surface area contributed by atoms with Crippen molar-refractivity contribution in [2.24, 2.45) is 4.99 Å². The summed E-state index contributed by atoms with van der Waals surface area (Å²) in [6.45, 7) is 1.80. The van der Waals surface area contributed by atoms with Gasteiger partial charge in [-0.05, 0) is 24.6 Å². The lowest BCUT2D eigenvalue weighted by atomic mass is 10.1. The number of rotatable bonds is 2. The molecule has 1 aliphatic rings. The number of carboxylic acid groups (broad SMARTS) is 1. The maximum atomic E-state index is 13.6. The number of hydrogen-bond donors (Lipinski definition) is 1. The fourth-order valence-electron chi connectivity index (χ4n) is 1.44. The molecule has 0 fully saturated rings. The van der Waals surface area contributed by atoms with E-state index in [-0.39, 0.29) is 5.82 Å². The van der Waals surface area contributed by atoms with Crippen molar-refractivity contribution in [3.8, 4) is 0 Å². The molecular weight excluding hydrogens is 229 g/mol. The molecule has 1 aromatic rings. The first-order chi connectivity index (χ1) is 7.58. The molecule has 1 atom stereocenters. The van der Waals surface area contributed by atoms with Crippen LogP contribution < -0.4 is 0 Å². The Kier molecular flexibility index (Phi) is 2.96. The van der Waals surface area contributed by atoms with Crippen molar-refractivity contribution in [3.05, 3.63) is 35.1 Å². The summed E-state index contributed by atoms with van der Waals surface area (Å²) < 4.78 is 13.6. The maximum Gasteiger partial charge on any atom is 0.329 e. The molecule has 0 aliphatic carbocycles. The number of hydrogen-bond acceptors (Lipinski definition) is 3. The third kappa shape index (κ3) is 2.09. The van der Waals surface area contributed by atoms with E-state index in [1.54, 1.807) is 19.1 Å². The summed E-state index contributed by atoms with van der Waals surface area (Å²) in [6.07, 6.45) is 0. The minimum atomic E-state index is -0.963. The zero-order chi connectivity index (χ0) is 11.7. The number of nitrogens with zero attached hydrogens (tertiary/aromatic N) is 1. The van der Waals surface area contributed by atoms with Crippen LogP contribution in [0.2, 0.25) is 0 Å². The van der Waals surface area contributed by atoms with Crippen molar-refractivity contribution in [1.82, 2.24) is 0 Å². The molecule has 0 bridgehead atoms. The van der Waals surface area contributed by atoms with Crippen molar-refractivity contribution in [1.29, 1.82) is 0 Å². The second-order valence-electron chi connectivity index (χ2n) is 3.58. The Morgan fingerprint density at radius 3 is 2.94 bits per heavy atom. The maximum absolute atomic E-state index is 13.6. The first kappa shape index (κ1) is 11.1. The number of aryl methyl sites for hydroxylation is 1. The molecule has 1 unspecified atom stereocenters. The molecule has 1 aliphatic heterocycles. The second kappa shape index (κ2) is 4.25. The molecule has 1 aromatic carbocycles. The number of carboxylic acids is 1. The zero-order valence-electron chi connectivity index (χ0n) is 8.61. The normalized spacial score (nSPS) is 19.6. The standard InChI is InChI=1S/C11H10FNO2S/c1-6-2-3-7(8(12)4-6)10-13-9(5-16-10)11(14)15/h2-4,9H,5H2,1H3,(H,14,15). The zero-order valence-corrected chi connectivity index (χ0v) is 9.42. The van der Waals surface area contributed by atoms with Gasteiger partial charge >= 0.3 is 5.97 Å². The Bertz CT molecular complexity index is 473. The van der Waals surface area contributed by atoms with Crippen molar-refractivity contribution in [2.75, 3.05) is 5.75 Å². The summed E-state index contributed by atoms with van der Waals surface area (Å²) in [7, 11) is 0. The smallest absolute Gasteiger partial charge is 0.329 e. The van der Waals surface area contributed by atoms with Gasteiger partial charge in [0.1, 0.15) is 10.9 Å². The molecule has 3 nitrogen and oxygen atoms in total. The lowest BCUT2D eigenvalue weighted by Gasteiger charge is -2.02. The highest BCUT2D eigenvalue weighted by atomic mass is 32.2. The first-order valence-corrected chi connectivity index (χ1v) is 5.76. The molecule has 0 saturated heterocycles. The predicted molar refractivity (Wildman–Crippen MR) is 61.6 cm³/mol. The van der Waals surface area contributed by atoms with E-state index in [0.717, 1.165) is 5.56 Å². The number of aliphatic imine (C=N–C) groups is 1. The molecule has 16 heavy (non-hydrogen) atoms. The summed E-state index contributed by atoms with van der Waals surface area (Å²) in [5.74, 6) is -0.940. The van der Waals surface area contributed by atoms with Crippen molar-refractivity contribution < 1.29 is 14.3 Å². The Morgan fingerprint density at radius 1 is 1.62 bits per heavy atom. The van der Waals surface area contributed by atoms with Crippen LogP contribution in [0, 0.1) is 12.7 Å². The molecule has 2 rings (SSSR count). The monoisotopic (exact) mass is 239 g/mol. The molecule has 84 valence electrons. The van der Waals surface area contributed by atoms with Gasteiger partial charge in [-0.2, -0.15) is 0 Å². The lowest BCUT2D eigenvalue weighted by molar-refractivity contribution is -0.137. The third-order valence-corrected chi connectivity index (χ3v) is 3.37. The molecule has 0 amide bonds. The van der Waals surface area contributed by atoms with Crippen LogP contribution in [0.5, 0.6) is 0 Å². The van der Waals surface area contributed by atoms with Crippen LogP contribution in [0.15, 0.2) is 23.2 Å². The van der Waals surface area contributed by atoms with Gasteiger partial charge in [0.15, 0.2) is 6.04 Å². The van der Waals surface area contributed by atoms with E-state index in [9.17, 15) is 9.18 Å². The summed E-state index contributed by atoms with van der Waals surface area (Å²) in [5, 5.41) is 9.25. The van der Waals surface area contributed by atoms with E-state index in [1.165, 1.54) is 17.8 Å². The predicted octanol–water partition coefficient (Wildman–Crippen LogP) is 2.08. The summed E-state index contributed by atoms with van der Waals surface area (Å²) in [5.41, 5.74) is 1.22. The first-order valence-electron chi connectivity index (χ1n) is 4.78. The largest absolute Gasteiger partial charge is 0.480 e. The Labute approximate surface area is 96.4 Å². The molecule has 0 radical (unpaired) electrons. The molecule has 1 heterocycles. The van der Waals surface area contributed by atoms with E-state index in [1.807, 2.05) is 0 Å². The van der Waals surface area contributed by atoms with Crippen LogP contribution in [-0.2, 0) is 4.79 Å². The number of thioether (sulfide) groups is 1. The average Bonchev–Trinajstić information content (AvgIpc) is 2.66. The molecule has 1 N–H and O–H groups in total. The van der Waals surface area contributed by atoms with E-state index < -0.39 is 12.0 Å². The van der Waals surface area contributed by atoms with Gasteiger partial charge in [0.25, 0.3) is 0 Å². The van der Waals surface area contributed by atoms with Gasteiger partial charge in [0.05, 0.1) is 0 Å². The van der Waals surface area contributed by atoms with Gasteiger partial charge in [-0.15, -0.1) is 11.8 Å². The Morgan fingerprint density at radius 2 is 2.38 bits per heavy atom.